The standard InChI is InChI=1S/C15H19BrFNO2/c1-2-20-15(19)14-5-3-4-8-18(14)10-11-9-12(17)6-7-13(11)16/h6-7,9,14H,2-5,8,10H2,1H3. The second-order valence-corrected chi connectivity index (χ2v) is 5.82. The molecule has 0 radical (unpaired) electrons. The number of carbonyl (C=O) groups is 1. The Kier molecular flexibility index (Phi) is 5.54. The number of carbonyl (C=O) groups excluding carboxylic acids is 1. The van der Waals surface area contributed by atoms with Crippen molar-refractivity contribution in [3.63, 3.8) is 0 Å². The van der Waals surface area contributed by atoms with E-state index in [1.807, 2.05) is 6.92 Å². The molecule has 1 aromatic carbocycles. The number of ether oxygens (including phenoxy) is 1. The molecule has 0 spiro atoms. The molecule has 1 saturated heterocycles. The highest BCUT2D eigenvalue weighted by Gasteiger charge is 2.30. The Morgan fingerprint density at radius 2 is 2.30 bits per heavy atom. The summed E-state index contributed by atoms with van der Waals surface area (Å²) in [6.07, 6.45) is 2.90. The van der Waals surface area contributed by atoms with Crippen molar-refractivity contribution >= 4 is 21.9 Å². The molecular weight excluding hydrogens is 325 g/mol. The maximum atomic E-state index is 13.3. The van der Waals surface area contributed by atoms with Crippen LogP contribution in [-0.4, -0.2) is 30.1 Å². The van der Waals surface area contributed by atoms with Crippen LogP contribution in [0, 0.1) is 5.82 Å². The molecule has 2 rings (SSSR count). The molecule has 3 nitrogen and oxygen atoms in total. The van der Waals surface area contributed by atoms with Gasteiger partial charge in [0.1, 0.15) is 11.9 Å². The van der Waals surface area contributed by atoms with E-state index >= 15 is 0 Å². The number of likely N-dealkylation sites (tertiary alicyclic amines) is 1. The first-order valence-electron chi connectivity index (χ1n) is 6.96. The maximum Gasteiger partial charge on any atom is 0.323 e. The zero-order valence-corrected chi connectivity index (χ0v) is 13.2. The van der Waals surface area contributed by atoms with E-state index < -0.39 is 0 Å². The first-order valence-corrected chi connectivity index (χ1v) is 7.75. The summed E-state index contributed by atoms with van der Waals surface area (Å²) in [7, 11) is 0. The summed E-state index contributed by atoms with van der Waals surface area (Å²) in [6, 6.07) is 4.43. The van der Waals surface area contributed by atoms with Crippen molar-refractivity contribution in [2.45, 2.75) is 38.8 Å². The van der Waals surface area contributed by atoms with E-state index in [1.165, 1.54) is 12.1 Å². The highest BCUT2D eigenvalue weighted by atomic mass is 79.9. The summed E-state index contributed by atoms with van der Waals surface area (Å²) >= 11 is 3.44. The average molecular weight is 344 g/mol. The minimum Gasteiger partial charge on any atom is -0.465 e. The third kappa shape index (κ3) is 3.79. The lowest BCUT2D eigenvalue weighted by Crippen LogP contribution is -2.45. The fourth-order valence-electron chi connectivity index (χ4n) is 2.57. The minimum atomic E-state index is -0.257. The minimum absolute atomic E-state index is 0.167. The smallest absolute Gasteiger partial charge is 0.323 e. The van der Waals surface area contributed by atoms with Crippen LogP contribution in [0.5, 0.6) is 0 Å². The van der Waals surface area contributed by atoms with Gasteiger partial charge in [-0.25, -0.2) is 4.39 Å². The van der Waals surface area contributed by atoms with Gasteiger partial charge in [0.05, 0.1) is 6.61 Å². The Bertz CT molecular complexity index is 481. The van der Waals surface area contributed by atoms with Crippen LogP contribution in [0.2, 0.25) is 0 Å². The van der Waals surface area contributed by atoms with E-state index in [1.54, 1.807) is 6.07 Å². The number of piperidine rings is 1. The van der Waals surface area contributed by atoms with Crippen LogP contribution in [0.4, 0.5) is 4.39 Å². The number of rotatable bonds is 4. The lowest BCUT2D eigenvalue weighted by Gasteiger charge is -2.34. The molecule has 1 aliphatic heterocycles. The summed E-state index contributed by atoms with van der Waals surface area (Å²) in [5, 5.41) is 0. The van der Waals surface area contributed by atoms with Crippen molar-refractivity contribution in [2.24, 2.45) is 0 Å². The maximum absolute atomic E-state index is 13.3. The third-order valence-electron chi connectivity index (χ3n) is 3.55. The molecule has 0 N–H and O–H groups in total. The van der Waals surface area contributed by atoms with Gasteiger partial charge >= 0.3 is 5.97 Å². The summed E-state index contributed by atoms with van der Waals surface area (Å²) in [5.41, 5.74) is 0.862. The number of hydrogen-bond acceptors (Lipinski definition) is 3. The molecule has 1 aliphatic rings. The van der Waals surface area contributed by atoms with E-state index in [9.17, 15) is 9.18 Å². The molecular formula is C15H19BrFNO2. The molecule has 1 unspecified atom stereocenters. The molecule has 110 valence electrons. The number of benzene rings is 1. The summed E-state index contributed by atoms with van der Waals surface area (Å²) < 4.78 is 19.4. The molecule has 1 atom stereocenters. The van der Waals surface area contributed by atoms with E-state index in [2.05, 4.69) is 20.8 Å². The van der Waals surface area contributed by atoms with Crippen LogP contribution in [0.1, 0.15) is 31.7 Å². The lowest BCUT2D eigenvalue weighted by molar-refractivity contribution is -0.151. The molecule has 0 amide bonds. The van der Waals surface area contributed by atoms with Crippen molar-refractivity contribution < 1.29 is 13.9 Å². The van der Waals surface area contributed by atoms with Gasteiger partial charge in [0.2, 0.25) is 0 Å². The first-order chi connectivity index (χ1) is 9.61. The van der Waals surface area contributed by atoms with Crippen molar-refractivity contribution in [2.75, 3.05) is 13.2 Å². The monoisotopic (exact) mass is 343 g/mol. The van der Waals surface area contributed by atoms with Crippen LogP contribution < -0.4 is 0 Å². The molecule has 0 bridgehead atoms. The Hall–Kier alpha value is -0.940. The highest BCUT2D eigenvalue weighted by molar-refractivity contribution is 9.10. The number of nitrogens with zero attached hydrogens (tertiary/aromatic N) is 1. The summed E-state index contributed by atoms with van der Waals surface area (Å²) in [6.45, 7) is 3.61. The zero-order chi connectivity index (χ0) is 14.5. The van der Waals surface area contributed by atoms with Gasteiger partial charge < -0.3 is 4.74 Å². The van der Waals surface area contributed by atoms with Crippen LogP contribution >= 0.6 is 15.9 Å². The van der Waals surface area contributed by atoms with Crippen molar-refractivity contribution in [3.05, 3.63) is 34.1 Å². The Balaban J connectivity index is 2.12. The Morgan fingerprint density at radius 3 is 3.05 bits per heavy atom. The van der Waals surface area contributed by atoms with Gasteiger partial charge in [-0.1, -0.05) is 22.4 Å². The fourth-order valence-corrected chi connectivity index (χ4v) is 2.94. The molecule has 5 heteroatoms. The number of esters is 1. The second kappa shape index (κ2) is 7.18. The van der Waals surface area contributed by atoms with E-state index in [0.29, 0.717) is 13.2 Å². The molecule has 1 aromatic rings. The van der Waals surface area contributed by atoms with Gasteiger partial charge in [-0.05, 0) is 50.1 Å². The average Bonchev–Trinajstić information content (AvgIpc) is 2.44. The predicted octanol–water partition coefficient (Wildman–Crippen LogP) is 3.51. The third-order valence-corrected chi connectivity index (χ3v) is 4.33. The lowest BCUT2D eigenvalue weighted by atomic mass is 10.0. The number of halogens is 2. The molecule has 0 saturated carbocycles. The van der Waals surface area contributed by atoms with E-state index in [-0.39, 0.29) is 17.8 Å². The van der Waals surface area contributed by atoms with Crippen LogP contribution in [0.25, 0.3) is 0 Å². The molecule has 0 aliphatic carbocycles. The molecule has 20 heavy (non-hydrogen) atoms. The van der Waals surface area contributed by atoms with Crippen LogP contribution in [0.3, 0.4) is 0 Å². The van der Waals surface area contributed by atoms with Gasteiger partial charge in [-0.15, -0.1) is 0 Å². The predicted molar refractivity (Wildman–Crippen MR) is 78.8 cm³/mol. The molecule has 1 fully saturated rings. The van der Waals surface area contributed by atoms with Gasteiger partial charge in [0.15, 0.2) is 0 Å². The van der Waals surface area contributed by atoms with E-state index in [4.69, 9.17) is 4.74 Å². The summed E-state index contributed by atoms with van der Waals surface area (Å²) in [5.74, 6) is -0.424. The topological polar surface area (TPSA) is 29.5 Å². The Morgan fingerprint density at radius 1 is 1.50 bits per heavy atom. The van der Waals surface area contributed by atoms with E-state index in [0.717, 1.165) is 35.8 Å². The highest BCUT2D eigenvalue weighted by Crippen LogP contribution is 2.25. The Labute approximate surface area is 127 Å². The van der Waals surface area contributed by atoms with Gasteiger partial charge in [-0.2, -0.15) is 0 Å². The molecule has 1 heterocycles. The summed E-state index contributed by atoms with van der Waals surface area (Å²) in [4.78, 5) is 14.1. The van der Waals surface area contributed by atoms with Gasteiger partial charge in [0, 0.05) is 11.0 Å². The number of hydrogen-bond donors (Lipinski definition) is 0. The van der Waals surface area contributed by atoms with Crippen molar-refractivity contribution in [1.29, 1.82) is 0 Å². The SMILES string of the molecule is CCOC(=O)C1CCCCN1Cc1cc(F)ccc1Br. The van der Waals surface area contributed by atoms with Crippen molar-refractivity contribution in [1.82, 2.24) is 4.90 Å². The largest absolute Gasteiger partial charge is 0.465 e. The van der Waals surface area contributed by atoms with Crippen molar-refractivity contribution in [3.8, 4) is 0 Å². The van der Waals surface area contributed by atoms with Crippen LogP contribution in [0.15, 0.2) is 22.7 Å². The van der Waals surface area contributed by atoms with Gasteiger partial charge in [-0.3, -0.25) is 9.69 Å². The normalized spacial score (nSPS) is 19.9. The van der Waals surface area contributed by atoms with Gasteiger partial charge in [0.25, 0.3) is 0 Å². The fraction of sp³-hybridized carbons (Fsp3) is 0.533. The zero-order valence-electron chi connectivity index (χ0n) is 11.6. The molecule has 0 aromatic heterocycles. The second-order valence-electron chi connectivity index (χ2n) is 4.97. The van der Waals surface area contributed by atoms with Crippen LogP contribution in [-0.2, 0) is 16.1 Å². The first kappa shape index (κ1) is 15.4. The quantitative estimate of drug-likeness (QED) is 0.783.